The Morgan fingerprint density at radius 2 is 1.97 bits per heavy atom. The largest absolute Gasteiger partial charge is 0.361 e. The molecule has 0 saturated heterocycles. The van der Waals surface area contributed by atoms with Gasteiger partial charge in [0.25, 0.3) is 11.8 Å². The summed E-state index contributed by atoms with van der Waals surface area (Å²) in [5, 5.41) is 11.3. The first-order chi connectivity index (χ1) is 16.2. The lowest BCUT2D eigenvalue weighted by atomic mass is 9.95. The molecule has 0 radical (unpaired) electrons. The minimum absolute atomic E-state index is 0.167. The van der Waals surface area contributed by atoms with Gasteiger partial charge in [-0.3, -0.25) is 19.1 Å². The lowest BCUT2D eigenvalue weighted by Gasteiger charge is -2.40. The summed E-state index contributed by atoms with van der Waals surface area (Å²) in [5.41, 5.74) is 1.56. The van der Waals surface area contributed by atoms with E-state index in [0.717, 1.165) is 22.9 Å². The van der Waals surface area contributed by atoms with Gasteiger partial charge in [0, 0.05) is 43.3 Å². The van der Waals surface area contributed by atoms with Gasteiger partial charge in [0.1, 0.15) is 11.2 Å². The molecule has 0 saturated carbocycles. The molecule has 0 unspecified atom stereocenters. The Hall–Kier alpha value is -3.62. The monoisotopic (exact) mass is 464 g/mol. The van der Waals surface area contributed by atoms with Crippen molar-refractivity contribution in [3.63, 3.8) is 0 Å². The number of aromatic amines is 1. The Morgan fingerprint density at radius 1 is 1.21 bits per heavy atom. The van der Waals surface area contributed by atoms with Gasteiger partial charge in [-0.15, -0.1) is 0 Å². The molecule has 2 aromatic heterocycles. The van der Waals surface area contributed by atoms with Crippen molar-refractivity contribution >= 4 is 28.6 Å². The van der Waals surface area contributed by atoms with Crippen LogP contribution in [-0.2, 0) is 17.8 Å². The molecule has 34 heavy (non-hydrogen) atoms. The number of benzene rings is 1. The van der Waals surface area contributed by atoms with Crippen molar-refractivity contribution < 1.29 is 14.4 Å². The third kappa shape index (κ3) is 4.42. The Kier molecular flexibility index (Phi) is 6.45. The number of carbonyl (C=O) groups is 3. The summed E-state index contributed by atoms with van der Waals surface area (Å²) in [5.74, 6) is -0.443. The van der Waals surface area contributed by atoms with Crippen molar-refractivity contribution in [2.24, 2.45) is 5.92 Å². The maximum absolute atomic E-state index is 13.0. The number of amides is 3. The zero-order chi connectivity index (χ0) is 24.5. The van der Waals surface area contributed by atoms with Gasteiger partial charge in [0.15, 0.2) is 5.69 Å². The highest BCUT2D eigenvalue weighted by molar-refractivity contribution is 6.01. The van der Waals surface area contributed by atoms with Crippen LogP contribution < -0.4 is 10.6 Å². The first kappa shape index (κ1) is 23.5. The van der Waals surface area contributed by atoms with Crippen molar-refractivity contribution in [2.75, 3.05) is 20.1 Å². The van der Waals surface area contributed by atoms with Gasteiger partial charge in [-0.2, -0.15) is 5.10 Å². The summed E-state index contributed by atoms with van der Waals surface area (Å²) in [7, 11) is 1.61. The molecule has 1 atom stereocenters. The fraction of sp³-hybridized carbons (Fsp3) is 0.440. The van der Waals surface area contributed by atoms with E-state index in [0.29, 0.717) is 31.1 Å². The molecular formula is C25H32N6O3. The molecule has 9 nitrogen and oxygen atoms in total. The van der Waals surface area contributed by atoms with Crippen molar-refractivity contribution in [2.45, 2.75) is 45.7 Å². The molecule has 3 aromatic rings. The number of fused-ring (bicyclic) bond motifs is 2. The van der Waals surface area contributed by atoms with Crippen LogP contribution in [0.2, 0.25) is 0 Å². The number of aromatic nitrogens is 3. The minimum Gasteiger partial charge on any atom is -0.361 e. The third-order valence-electron chi connectivity index (χ3n) is 6.59. The minimum atomic E-state index is -1.09. The van der Waals surface area contributed by atoms with Gasteiger partial charge in [-0.1, -0.05) is 32.0 Å². The standard InChI is InChI=1S/C25H32N6O3/c1-16(2)9-11-27-24(34)25(3)15-31-21(23(33)30(25)4)13-20(29-31)22(32)26-12-10-17-14-28-19-8-6-5-7-18(17)19/h5-8,13-14,16,28H,9-12,15H2,1-4H3,(H,26,32)(H,27,34)/t25-/m0/s1. The number of nitrogens with one attached hydrogen (secondary N) is 3. The number of carbonyl (C=O) groups excluding carboxylic acids is 3. The van der Waals surface area contributed by atoms with Gasteiger partial charge < -0.3 is 20.5 Å². The highest BCUT2D eigenvalue weighted by atomic mass is 16.2. The Balaban J connectivity index is 1.42. The van der Waals surface area contributed by atoms with Crippen LogP contribution in [-0.4, -0.2) is 63.1 Å². The topological polar surface area (TPSA) is 112 Å². The average Bonchev–Trinajstić information content (AvgIpc) is 3.42. The van der Waals surface area contributed by atoms with Crippen LogP contribution in [0.25, 0.3) is 10.9 Å². The molecule has 0 bridgehead atoms. The first-order valence-electron chi connectivity index (χ1n) is 11.7. The summed E-state index contributed by atoms with van der Waals surface area (Å²) < 4.78 is 1.47. The van der Waals surface area contributed by atoms with E-state index in [1.807, 2.05) is 30.5 Å². The second kappa shape index (κ2) is 9.32. The quantitative estimate of drug-likeness (QED) is 0.475. The molecule has 0 aliphatic carbocycles. The molecular weight excluding hydrogens is 432 g/mol. The number of hydrogen-bond acceptors (Lipinski definition) is 4. The van der Waals surface area contributed by atoms with Gasteiger partial charge in [-0.25, -0.2) is 0 Å². The van der Waals surface area contributed by atoms with Gasteiger partial charge >= 0.3 is 0 Å². The number of H-pyrrole nitrogens is 1. The second-order valence-electron chi connectivity index (χ2n) is 9.51. The fourth-order valence-electron chi connectivity index (χ4n) is 4.24. The van der Waals surface area contributed by atoms with E-state index >= 15 is 0 Å². The maximum atomic E-state index is 13.0. The summed E-state index contributed by atoms with van der Waals surface area (Å²) in [6.45, 7) is 7.07. The van der Waals surface area contributed by atoms with E-state index in [2.05, 4.69) is 34.6 Å². The van der Waals surface area contributed by atoms with Gasteiger partial charge in [-0.05, 0) is 37.3 Å². The van der Waals surface area contributed by atoms with E-state index in [1.54, 1.807) is 14.0 Å². The molecule has 4 rings (SSSR count). The molecule has 1 aliphatic heterocycles. The first-order valence-corrected chi connectivity index (χ1v) is 11.7. The van der Waals surface area contributed by atoms with Crippen molar-refractivity contribution in [3.05, 3.63) is 53.5 Å². The lowest BCUT2D eigenvalue weighted by molar-refractivity contribution is -0.132. The summed E-state index contributed by atoms with van der Waals surface area (Å²) in [4.78, 5) is 43.3. The zero-order valence-electron chi connectivity index (χ0n) is 20.1. The van der Waals surface area contributed by atoms with Crippen LogP contribution in [0.4, 0.5) is 0 Å². The fourth-order valence-corrected chi connectivity index (χ4v) is 4.24. The summed E-state index contributed by atoms with van der Waals surface area (Å²) >= 11 is 0. The molecule has 3 amide bonds. The van der Waals surface area contributed by atoms with Crippen LogP contribution in [0.15, 0.2) is 36.5 Å². The number of rotatable bonds is 8. The summed E-state index contributed by atoms with van der Waals surface area (Å²) in [6.07, 6.45) is 3.47. The second-order valence-corrected chi connectivity index (χ2v) is 9.51. The highest BCUT2D eigenvalue weighted by Gasteiger charge is 2.46. The Labute approximate surface area is 198 Å². The van der Waals surface area contributed by atoms with Crippen molar-refractivity contribution in [1.29, 1.82) is 0 Å². The maximum Gasteiger partial charge on any atom is 0.272 e. The van der Waals surface area contributed by atoms with Crippen LogP contribution >= 0.6 is 0 Å². The van der Waals surface area contributed by atoms with Crippen LogP contribution in [0.3, 0.4) is 0 Å². The van der Waals surface area contributed by atoms with Gasteiger partial charge in [0.2, 0.25) is 5.91 Å². The van der Waals surface area contributed by atoms with E-state index in [9.17, 15) is 14.4 Å². The van der Waals surface area contributed by atoms with E-state index in [-0.39, 0.29) is 30.0 Å². The molecule has 0 spiro atoms. The number of likely N-dealkylation sites (N-methyl/N-ethyl adjacent to an activating group) is 1. The molecule has 3 heterocycles. The Bertz CT molecular complexity index is 1230. The molecule has 0 fully saturated rings. The van der Waals surface area contributed by atoms with Crippen LogP contribution in [0.5, 0.6) is 0 Å². The molecule has 3 N–H and O–H groups in total. The van der Waals surface area contributed by atoms with E-state index < -0.39 is 5.54 Å². The zero-order valence-corrected chi connectivity index (χ0v) is 20.1. The van der Waals surface area contributed by atoms with Crippen LogP contribution in [0.1, 0.15) is 53.7 Å². The summed E-state index contributed by atoms with van der Waals surface area (Å²) in [6, 6.07) is 9.52. The molecule has 1 aromatic carbocycles. The lowest BCUT2D eigenvalue weighted by Crippen LogP contribution is -2.62. The van der Waals surface area contributed by atoms with E-state index in [4.69, 9.17) is 0 Å². The smallest absolute Gasteiger partial charge is 0.272 e. The third-order valence-corrected chi connectivity index (χ3v) is 6.59. The van der Waals surface area contributed by atoms with E-state index in [1.165, 1.54) is 15.6 Å². The molecule has 180 valence electrons. The molecule has 1 aliphatic rings. The Morgan fingerprint density at radius 3 is 2.74 bits per heavy atom. The predicted octanol–water partition coefficient (Wildman–Crippen LogP) is 2.34. The normalized spacial score (nSPS) is 17.8. The number of hydrogen-bond donors (Lipinski definition) is 3. The number of para-hydroxylation sites is 1. The van der Waals surface area contributed by atoms with Crippen molar-refractivity contribution in [1.82, 2.24) is 30.3 Å². The highest BCUT2D eigenvalue weighted by Crippen LogP contribution is 2.26. The number of nitrogens with zero attached hydrogens (tertiary/aromatic N) is 3. The average molecular weight is 465 g/mol. The predicted molar refractivity (Wildman–Crippen MR) is 130 cm³/mol. The van der Waals surface area contributed by atoms with Gasteiger partial charge in [0.05, 0.1) is 6.54 Å². The molecule has 9 heteroatoms. The van der Waals surface area contributed by atoms with Crippen LogP contribution in [0, 0.1) is 5.92 Å². The SMILES string of the molecule is CC(C)CCNC(=O)[C@]1(C)Cn2nc(C(=O)NCCc3c[nH]c4ccccc34)cc2C(=O)N1C. The van der Waals surface area contributed by atoms with Crippen molar-refractivity contribution in [3.8, 4) is 0 Å².